The van der Waals surface area contributed by atoms with Crippen molar-refractivity contribution in [2.24, 2.45) is 0 Å². The number of rotatable bonds is 4. The van der Waals surface area contributed by atoms with E-state index in [9.17, 15) is 0 Å². The Morgan fingerprint density at radius 1 is 0.385 bits per heavy atom. The van der Waals surface area contributed by atoms with E-state index in [1.165, 1.54) is 22.3 Å². The van der Waals surface area contributed by atoms with Crippen LogP contribution in [0.3, 0.4) is 0 Å². The van der Waals surface area contributed by atoms with Crippen molar-refractivity contribution in [1.29, 1.82) is 0 Å². The van der Waals surface area contributed by atoms with Crippen LogP contribution in [0.25, 0.3) is 56.4 Å². The lowest BCUT2D eigenvalue weighted by atomic mass is 9.35. The number of benzene rings is 7. The zero-order chi connectivity index (χ0) is 34.2. The quantitative estimate of drug-likeness (QED) is 0.176. The molecule has 1 aromatic heterocycles. The summed E-state index contributed by atoms with van der Waals surface area (Å²) in [7, 11) is 0. The molecule has 0 atom stereocenters. The standard InChI is InChI=1S/C46H28BN3O2/c1-3-13-28(14-4-1)44-48-45(29-15-5-2-6-16-29)50-46(49-44)34-20-12-19-33-32-18-11-17-31(35(32)27-36(33)34)30-25-41-43-42(26-30)52-40-24-10-8-22-38(40)47(43)37-21-7-9-23-39(37)51-41/h1-26H,27H2. The molecular weight excluding hydrogens is 637 g/mol. The molecule has 0 N–H and O–H groups in total. The molecule has 0 saturated carbocycles. The SMILES string of the molecule is c1ccc(-c2nc(-c3ccccc3)nc(-c3cccc4c3Cc3c(-c5cc6c7c(c5)Oc5ccccc5B7c5ccccc5O6)cccc3-4)n2)cc1. The van der Waals surface area contributed by atoms with Gasteiger partial charge >= 0.3 is 0 Å². The maximum absolute atomic E-state index is 6.65. The molecule has 1 aliphatic carbocycles. The van der Waals surface area contributed by atoms with Crippen LogP contribution in [0.15, 0.2) is 158 Å². The number of nitrogens with zero attached hydrogens (tertiary/aromatic N) is 3. The van der Waals surface area contributed by atoms with E-state index < -0.39 is 0 Å². The maximum atomic E-state index is 6.65. The highest BCUT2D eigenvalue weighted by Gasteiger charge is 2.40. The minimum absolute atomic E-state index is 0.0455. The van der Waals surface area contributed by atoms with Crippen molar-refractivity contribution >= 4 is 23.1 Å². The lowest BCUT2D eigenvalue weighted by Crippen LogP contribution is -2.57. The molecule has 0 unspecified atom stereocenters. The van der Waals surface area contributed by atoms with Crippen LogP contribution in [0.2, 0.25) is 0 Å². The molecular formula is C46H28BN3O2. The molecule has 6 heteroatoms. The summed E-state index contributed by atoms with van der Waals surface area (Å²) in [6.07, 6.45) is 0.743. The molecule has 0 amide bonds. The smallest absolute Gasteiger partial charge is 0.260 e. The minimum atomic E-state index is 0.0455. The van der Waals surface area contributed by atoms with E-state index in [1.807, 2.05) is 72.8 Å². The van der Waals surface area contributed by atoms with Gasteiger partial charge in [-0.1, -0.05) is 133 Å². The third-order valence-electron chi connectivity index (χ3n) is 10.5. The average Bonchev–Trinajstić information content (AvgIpc) is 3.60. The topological polar surface area (TPSA) is 57.1 Å². The van der Waals surface area contributed by atoms with Crippen molar-refractivity contribution in [3.8, 4) is 79.4 Å². The first-order chi connectivity index (χ1) is 25.8. The Hall–Kier alpha value is -6.79. The Balaban J connectivity index is 1.04. The number of aromatic nitrogens is 3. The Labute approximate surface area is 301 Å². The van der Waals surface area contributed by atoms with E-state index in [-0.39, 0.29) is 6.71 Å². The fourth-order valence-corrected chi connectivity index (χ4v) is 8.19. The molecule has 52 heavy (non-hydrogen) atoms. The van der Waals surface area contributed by atoms with Gasteiger partial charge in [0.25, 0.3) is 6.71 Å². The molecule has 11 rings (SSSR count). The van der Waals surface area contributed by atoms with Crippen LogP contribution in [0, 0.1) is 0 Å². The molecule has 2 aliphatic heterocycles. The molecule has 3 aliphatic rings. The Morgan fingerprint density at radius 2 is 0.846 bits per heavy atom. The van der Waals surface area contributed by atoms with Crippen LogP contribution in [0.4, 0.5) is 0 Å². The van der Waals surface area contributed by atoms with Crippen molar-refractivity contribution in [2.75, 3.05) is 0 Å². The van der Waals surface area contributed by atoms with E-state index in [4.69, 9.17) is 24.4 Å². The Kier molecular flexibility index (Phi) is 6.34. The van der Waals surface area contributed by atoms with Gasteiger partial charge in [-0.3, -0.25) is 0 Å². The number of ether oxygens (including phenoxy) is 2. The van der Waals surface area contributed by atoms with Gasteiger partial charge in [0.05, 0.1) is 0 Å². The normalized spacial score (nSPS) is 12.8. The van der Waals surface area contributed by atoms with Crippen LogP contribution >= 0.6 is 0 Å². The van der Waals surface area contributed by atoms with E-state index >= 15 is 0 Å². The molecule has 3 heterocycles. The second-order valence-electron chi connectivity index (χ2n) is 13.5. The largest absolute Gasteiger partial charge is 0.458 e. The van der Waals surface area contributed by atoms with Crippen molar-refractivity contribution in [1.82, 2.24) is 15.0 Å². The van der Waals surface area contributed by atoms with Gasteiger partial charge in [-0.15, -0.1) is 0 Å². The van der Waals surface area contributed by atoms with Gasteiger partial charge in [0.15, 0.2) is 17.5 Å². The molecule has 8 aromatic rings. The number of hydrogen-bond acceptors (Lipinski definition) is 5. The third kappa shape index (κ3) is 4.47. The first-order valence-electron chi connectivity index (χ1n) is 17.6. The van der Waals surface area contributed by atoms with Crippen molar-refractivity contribution < 1.29 is 9.47 Å². The van der Waals surface area contributed by atoms with Gasteiger partial charge in [-0.25, -0.2) is 15.0 Å². The van der Waals surface area contributed by atoms with E-state index in [2.05, 4.69) is 84.9 Å². The summed E-state index contributed by atoms with van der Waals surface area (Å²) >= 11 is 0. The monoisotopic (exact) mass is 665 g/mol. The van der Waals surface area contributed by atoms with Gasteiger partial charge < -0.3 is 9.47 Å². The summed E-state index contributed by atoms with van der Waals surface area (Å²) in [5.41, 5.74) is 13.4. The van der Waals surface area contributed by atoms with E-state index in [0.29, 0.717) is 17.5 Å². The zero-order valence-corrected chi connectivity index (χ0v) is 28.0. The maximum Gasteiger partial charge on any atom is 0.260 e. The Bertz CT molecular complexity index is 2600. The number of para-hydroxylation sites is 2. The summed E-state index contributed by atoms with van der Waals surface area (Å²) < 4.78 is 13.3. The molecule has 0 saturated heterocycles. The van der Waals surface area contributed by atoms with Crippen LogP contribution in [-0.2, 0) is 6.42 Å². The molecule has 5 nitrogen and oxygen atoms in total. The number of hydrogen-bond donors (Lipinski definition) is 0. The van der Waals surface area contributed by atoms with Gasteiger partial charge in [0.1, 0.15) is 23.0 Å². The summed E-state index contributed by atoms with van der Waals surface area (Å²) in [5, 5.41) is 0. The van der Waals surface area contributed by atoms with Gasteiger partial charge in [-0.2, -0.15) is 0 Å². The second kappa shape index (κ2) is 11.4. The highest BCUT2D eigenvalue weighted by Crippen LogP contribution is 2.46. The molecule has 0 spiro atoms. The van der Waals surface area contributed by atoms with Crippen LogP contribution in [0.5, 0.6) is 23.0 Å². The van der Waals surface area contributed by atoms with Gasteiger partial charge in [-0.05, 0) is 68.6 Å². The van der Waals surface area contributed by atoms with Gasteiger partial charge in [0.2, 0.25) is 0 Å². The highest BCUT2D eigenvalue weighted by molar-refractivity contribution is 6.98. The Morgan fingerprint density at radius 3 is 1.42 bits per heavy atom. The van der Waals surface area contributed by atoms with Crippen LogP contribution in [-0.4, -0.2) is 21.7 Å². The summed E-state index contributed by atoms with van der Waals surface area (Å²) in [6.45, 7) is 0.0455. The van der Waals surface area contributed by atoms with Crippen molar-refractivity contribution in [2.45, 2.75) is 6.42 Å². The lowest BCUT2D eigenvalue weighted by Gasteiger charge is -2.33. The van der Waals surface area contributed by atoms with Crippen LogP contribution in [0.1, 0.15) is 11.1 Å². The van der Waals surface area contributed by atoms with Crippen LogP contribution < -0.4 is 25.9 Å². The third-order valence-corrected chi connectivity index (χ3v) is 10.5. The molecule has 242 valence electrons. The summed E-state index contributed by atoms with van der Waals surface area (Å²) in [5.74, 6) is 5.43. The molecule has 0 radical (unpaired) electrons. The predicted molar refractivity (Wildman–Crippen MR) is 208 cm³/mol. The first-order valence-corrected chi connectivity index (χ1v) is 17.6. The summed E-state index contributed by atoms with van der Waals surface area (Å²) in [6, 6.07) is 54.4. The highest BCUT2D eigenvalue weighted by atomic mass is 16.5. The fourth-order valence-electron chi connectivity index (χ4n) is 8.19. The van der Waals surface area contributed by atoms with Crippen molar-refractivity contribution in [3.63, 3.8) is 0 Å². The second-order valence-corrected chi connectivity index (χ2v) is 13.5. The number of fused-ring (bicyclic) bond motifs is 7. The minimum Gasteiger partial charge on any atom is -0.458 e. The molecule has 0 bridgehead atoms. The van der Waals surface area contributed by atoms with Gasteiger partial charge in [0, 0.05) is 28.6 Å². The fraction of sp³-hybridized carbons (Fsp3) is 0.0217. The molecule has 7 aromatic carbocycles. The van der Waals surface area contributed by atoms with E-state index in [1.54, 1.807) is 0 Å². The lowest BCUT2D eigenvalue weighted by molar-refractivity contribution is 0.465. The van der Waals surface area contributed by atoms with Crippen molar-refractivity contribution in [3.05, 3.63) is 169 Å². The predicted octanol–water partition coefficient (Wildman–Crippen LogP) is 8.84. The zero-order valence-electron chi connectivity index (χ0n) is 28.0. The van der Waals surface area contributed by atoms with E-state index in [0.717, 1.165) is 73.6 Å². The summed E-state index contributed by atoms with van der Waals surface area (Å²) in [4.78, 5) is 15.1. The first kappa shape index (κ1) is 29.0. The molecule has 0 fully saturated rings. The average molecular weight is 666 g/mol.